The minimum absolute atomic E-state index is 0.0131. The Morgan fingerprint density at radius 2 is 2.16 bits per heavy atom. The Balaban J connectivity index is 2.64. The number of nitrogens with two attached hydrogens (primary N) is 1. The van der Waals surface area contributed by atoms with Gasteiger partial charge in [-0.1, -0.05) is 19.9 Å². The quantitative estimate of drug-likeness (QED) is 0.700. The smallest absolute Gasteiger partial charge is 0.248 e. The van der Waals surface area contributed by atoms with Crippen molar-refractivity contribution in [2.24, 2.45) is 11.7 Å². The van der Waals surface area contributed by atoms with Gasteiger partial charge in [0.25, 0.3) is 0 Å². The van der Waals surface area contributed by atoms with Crippen LogP contribution in [0.15, 0.2) is 18.2 Å². The zero-order valence-electron chi connectivity index (χ0n) is 11.3. The van der Waals surface area contributed by atoms with Gasteiger partial charge in [-0.2, -0.15) is 0 Å². The molecule has 5 heteroatoms. The van der Waals surface area contributed by atoms with E-state index in [0.717, 1.165) is 12.5 Å². The number of nitrogens with one attached hydrogen (secondary N) is 1. The van der Waals surface area contributed by atoms with Gasteiger partial charge in [-0.25, -0.2) is 4.39 Å². The molecule has 0 radical (unpaired) electrons. The van der Waals surface area contributed by atoms with Gasteiger partial charge in [0.15, 0.2) is 0 Å². The Morgan fingerprint density at radius 3 is 2.63 bits per heavy atom. The summed E-state index contributed by atoms with van der Waals surface area (Å²) in [6.07, 6.45) is 0.817. The predicted octanol–water partition coefficient (Wildman–Crippen LogP) is 1.42. The third-order valence-electron chi connectivity index (χ3n) is 2.90. The van der Waals surface area contributed by atoms with Crippen LogP contribution in [0.25, 0.3) is 0 Å². The zero-order chi connectivity index (χ0) is 14.4. The molecule has 0 aliphatic carbocycles. The van der Waals surface area contributed by atoms with E-state index in [-0.39, 0.29) is 18.2 Å². The lowest BCUT2D eigenvalue weighted by Crippen LogP contribution is -2.33. The molecule has 1 aromatic carbocycles. The Morgan fingerprint density at radius 1 is 1.47 bits per heavy atom. The van der Waals surface area contributed by atoms with E-state index in [4.69, 9.17) is 5.73 Å². The number of hydrogen-bond acceptors (Lipinski definition) is 3. The number of hydrogen-bond donors (Lipinski definition) is 3. The predicted molar refractivity (Wildman–Crippen MR) is 72.1 cm³/mol. The third kappa shape index (κ3) is 4.96. The van der Waals surface area contributed by atoms with Crippen molar-refractivity contribution >= 4 is 5.91 Å². The van der Waals surface area contributed by atoms with Gasteiger partial charge in [-0.3, -0.25) is 4.79 Å². The number of primary amides is 1. The molecule has 1 rings (SSSR count). The highest BCUT2D eigenvalue weighted by Gasteiger charge is 2.11. The van der Waals surface area contributed by atoms with Crippen LogP contribution < -0.4 is 11.1 Å². The summed E-state index contributed by atoms with van der Waals surface area (Å²) in [4.78, 5) is 10.9. The highest BCUT2D eigenvalue weighted by molar-refractivity contribution is 5.92. The summed E-state index contributed by atoms with van der Waals surface area (Å²) >= 11 is 0. The molecule has 0 aliphatic rings. The fourth-order valence-corrected chi connectivity index (χ4v) is 1.89. The number of aliphatic hydroxyl groups excluding tert-OH is 1. The van der Waals surface area contributed by atoms with E-state index in [1.54, 1.807) is 0 Å². The van der Waals surface area contributed by atoms with Crippen LogP contribution >= 0.6 is 0 Å². The molecule has 0 aromatic heterocycles. The maximum atomic E-state index is 13.7. The van der Waals surface area contributed by atoms with Gasteiger partial charge in [0.05, 0.1) is 6.61 Å². The molecule has 0 fully saturated rings. The molecule has 4 nitrogen and oxygen atoms in total. The number of carbonyl (C=O) groups excluding carboxylic acids is 1. The summed E-state index contributed by atoms with van der Waals surface area (Å²) in [5, 5.41) is 12.3. The first kappa shape index (κ1) is 15.6. The second-order valence-corrected chi connectivity index (χ2v) is 5.06. The fourth-order valence-electron chi connectivity index (χ4n) is 1.89. The van der Waals surface area contributed by atoms with Gasteiger partial charge in [0.1, 0.15) is 5.82 Å². The van der Waals surface area contributed by atoms with E-state index in [9.17, 15) is 14.3 Å². The standard InChI is InChI=1S/C14H21FN2O2/c1-9(2)5-12(8-18)17-7-11-4-3-10(14(16)19)6-13(11)15/h3-4,6,9,12,17-18H,5,7-8H2,1-2H3,(H2,16,19). The van der Waals surface area contributed by atoms with Crippen LogP contribution in [-0.2, 0) is 6.54 Å². The lowest BCUT2D eigenvalue weighted by Gasteiger charge is -2.18. The van der Waals surface area contributed by atoms with Gasteiger partial charge in [0, 0.05) is 23.7 Å². The van der Waals surface area contributed by atoms with E-state index in [2.05, 4.69) is 19.2 Å². The van der Waals surface area contributed by atoms with E-state index in [1.807, 2.05) is 0 Å². The third-order valence-corrected chi connectivity index (χ3v) is 2.90. The summed E-state index contributed by atoms with van der Waals surface area (Å²) in [7, 11) is 0. The number of aliphatic hydroxyl groups is 1. The van der Waals surface area contributed by atoms with Crippen molar-refractivity contribution in [2.75, 3.05) is 6.61 Å². The van der Waals surface area contributed by atoms with Crippen LogP contribution in [0.4, 0.5) is 4.39 Å². The van der Waals surface area contributed by atoms with E-state index >= 15 is 0 Å². The Kier molecular flexibility index (Phi) is 5.92. The normalized spacial score (nSPS) is 12.7. The molecule has 19 heavy (non-hydrogen) atoms. The largest absolute Gasteiger partial charge is 0.395 e. The summed E-state index contributed by atoms with van der Waals surface area (Å²) in [5.41, 5.74) is 5.68. The molecule has 1 atom stereocenters. The van der Waals surface area contributed by atoms with Crippen LogP contribution in [0.1, 0.15) is 36.2 Å². The van der Waals surface area contributed by atoms with Gasteiger partial charge in [-0.05, 0) is 24.5 Å². The number of rotatable bonds is 7. The first-order valence-corrected chi connectivity index (χ1v) is 6.36. The number of benzene rings is 1. The summed E-state index contributed by atoms with van der Waals surface area (Å²) in [6.45, 7) is 4.45. The van der Waals surface area contributed by atoms with Gasteiger partial charge in [0.2, 0.25) is 5.91 Å². The minimum atomic E-state index is -0.647. The zero-order valence-corrected chi connectivity index (χ0v) is 11.3. The summed E-state index contributed by atoms with van der Waals surface area (Å²) in [5.74, 6) is -0.664. The van der Waals surface area contributed by atoms with Crippen molar-refractivity contribution in [2.45, 2.75) is 32.9 Å². The molecular formula is C14H21FN2O2. The van der Waals surface area contributed by atoms with Crippen molar-refractivity contribution in [3.8, 4) is 0 Å². The first-order valence-electron chi connectivity index (χ1n) is 6.36. The fraction of sp³-hybridized carbons (Fsp3) is 0.500. The van der Waals surface area contributed by atoms with Gasteiger partial charge in [-0.15, -0.1) is 0 Å². The Bertz CT molecular complexity index is 435. The average molecular weight is 268 g/mol. The highest BCUT2D eigenvalue weighted by atomic mass is 19.1. The SMILES string of the molecule is CC(C)CC(CO)NCc1ccc(C(N)=O)cc1F. The first-order chi connectivity index (χ1) is 8.93. The van der Waals surface area contributed by atoms with E-state index in [1.165, 1.54) is 12.1 Å². The van der Waals surface area contributed by atoms with Crippen molar-refractivity contribution in [3.63, 3.8) is 0 Å². The van der Waals surface area contributed by atoms with E-state index in [0.29, 0.717) is 18.0 Å². The van der Waals surface area contributed by atoms with Crippen molar-refractivity contribution in [1.29, 1.82) is 0 Å². The monoisotopic (exact) mass is 268 g/mol. The van der Waals surface area contributed by atoms with Crippen LogP contribution in [-0.4, -0.2) is 23.7 Å². The van der Waals surface area contributed by atoms with Gasteiger partial charge < -0.3 is 16.2 Å². The number of carbonyl (C=O) groups is 1. The van der Waals surface area contributed by atoms with Crippen LogP contribution in [0, 0.1) is 11.7 Å². The minimum Gasteiger partial charge on any atom is -0.395 e. The molecule has 0 aliphatic heterocycles. The van der Waals surface area contributed by atoms with Crippen LogP contribution in [0.5, 0.6) is 0 Å². The topological polar surface area (TPSA) is 75.3 Å². The second-order valence-electron chi connectivity index (χ2n) is 5.06. The summed E-state index contributed by atoms with van der Waals surface area (Å²) in [6, 6.07) is 4.11. The summed E-state index contributed by atoms with van der Waals surface area (Å²) < 4.78 is 13.7. The molecular weight excluding hydrogens is 247 g/mol. The van der Waals surface area contributed by atoms with Crippen LogP contribution in [0.3, 0.4) is 0 Å². The second kappa shape index (κ2) is 7.21. The molecule has 1 amide bonds. The van der Waals surface area contributed by atoms with Crippen molar-refractivity contribution in [1.82, 2.24) is 5.32 Å². The molecule has 0 saturated carbocycles. The maximum absolute atomic E-state index is 13.7. The molecule has 0 spiro atoms. The van der Waals surface area contributed by atoms with Crippen molar-refractivity contribution < 1.29 is 14.3 Å². The molecule has 106 valence electrons. The molecule has 0 saturated heterocycles. The molecule has 1 unspecified atom stereocenters. The van der Waals surface area contributed by atoms with Crippen LogP contribution in [0.2, 0.25) is 0 Å². The Labute approximate surface area is 112 Å². The number of amides is 1. The highest BCUT2D eigenvalue weighted by Crippen LogP contribution is 2.11. The molecule has 4 N–H and O–H groups in total. The molecule has 1 aromatic rings. The number of halogens is 1. The average Bonchev–Trinajstić information content (AvgIpc) is 2.34. The van der Waals surface area contributed by atoms with E-state index < -0.39 is 11.7 Å². The molecule has 0 bridgehead atoms. The van der Waals surface area contributed by atoms with Crippen molar-refractivity contribution in [3.05, 3.63) is 35.1 Å². The Hall–Kier alpha value is -1.46. The lowest BCUT2D eigenvalue weighted by atomic mass is 10.0. The lowest BCUT2D eigenvalue weighted by molar-refractivity contribution is 0.1000. The van der Waals surface area contributed by atoms with Gasteiger partial charge >= 0.3 is 0 Å². The maximum Gasteiger partial charge on any atom is 0.248 e. The molecule has 0 heterocycles.